The molecule has 9 heteroatoms. The number of sulfonamides is 1. The molecule has 0 saturated heterocycles. The van der Waals surface area contributed by atoms with Gasteiger partial charge in [0, 0.05) is 30.1 Å². The van der Waals surface area contributed by atoms with Gasteiger partial charge < -0.3 is 14.8 Å². The van der Waals surface area contributed by atoms with Gasteiger partial charge in [0.25, 0.3) is 15.9 Å². The lowest BCUT2D eigenvalue weighted by Gasteiger charge is -2.11. The van der Waals surface area contributed by atoms with E-state index in [0.717, 1.165) is 5.56 Å². The summed E-state index contributed by atoms with van der Waals surface area (Å²) in [7, 11) is -2.34. The first kappa shape index (κ1) is 22.1. The normalized spacial score (nSPS) is 10.9. The Morgan fingerprint density at radius 1 is 1.06 bits per heavy atom. The van der Waals surface area contributed by atoms with E-state index in [1.165, 1.54) is 25.3 Å². The topological polar surface area (TPSA) is 107 Å². The lowest BCUT2D eigenvalue weighted by molar-refractivity contribution is 0.0950. The average molecular weight is 442 g/mol. The van der Waals surface area contributed by atoms with Gasteiger partial charge in [0.1, 0.15) is 5.75 Å². The Labute approximate surface area is 181 Å². The molecule has 1 aromatic heterocycles. The standard InChI is InChI=1S/C22H23N3O5S/c1-3-30-19-10-8-18(9-11-19)25-31(27,28)20-6-4-5-17(13-20)22(26)24-15-16-7-12-21(29-2)23-14-16/h4-14,25H,3,15H2,1-2H3,(H,24,26). The number of ether oxygens (including phenoxy) is 2. The van der Waals surface area contributed by atoms with Crippen molar-refractivity contribution in [3.05, 3.63) is 78.0 Å². The number of nitrogens with zero attached hydrogens (tertiary/aromatic N) is 1. The highest BCUT2D eigenvalue weighted by Crippen LogP contribution is 2.20. The molecule has 2 N–H and O–H groups in total. The Hall–Kier alpha value is -3.59. The summed E-state index contributed by atoms with van der Waals surface area (Å²) in [5.41, 5.74) is 1.41. The fourth-order valence-electron chi connectivity index (χ4n) is 2.73. The molecule has 0 atom stereocenters. The Kier molecular flexibility index (Phi) is 7.09. The van der Waals surface area contributed by atoms with Crippen LogP contribution in [0.15, 0.2) is 71.8 Å². The molecule has 0 aliphatic carbocycles. The second kappa shape index (κ2) is 9.94. The quantitative estimate of drug-likeness (QED) is 0.528. The van der Waals surface area contributed by atoms with Gasteiger partial charge in [-0.3, -0.25) is 9.52 Å². The third kappa shape index (κ3) is 5.95. The molecular formula is C22H23N3O5S. The maximum atomic E-state index is 12.7. The third-order valence-electron chi connectivity index (χ3n) is 4.28. The van der Waals surface area contributed by atoms with Crippen molar-refractivity contribution in [1.29, 1.82) is 0 Å². The minimum Gasteiger partial charge on any atom is -0.494 e. The van der Waals surface area contributed by atoms with Gasteiger partial charge in [0.05, 0.1) is 18.6 Å². The predicted octanol–water partition coefficient (Wildman–Crippen LogP) is 3.22. The molecule has 8 nitrogen and oxygen atoms in total. The van der Waals surface area contributed by atoms with E-state index in [-0.39, 0.29) is 17.0 Å². The average Bonchev–Trinajstić information content (AvgIpc) is 2.79. The number of anilines is 1. The molecule has 0 aliphatic heterocycles. The van der Waals surface area contributed by atoms with Crippen molar-refractivity contribution < 1.29 is 22.7 Å². The van der Waals surface area contributed by atoms with Gasteiger partial charge in [-0.2, -0.15) is 0 Å². The number of rotatable bonds is 9. The van der Waals surface area contributed by atoms with Crippen molar-refractivity contribution in [3.8, 4) is 11.6 Å². The van der Waals surface area contributed by atoms with Crippen LogP contribution in [0.3, 0.4) is 0 Å². The van der Waals surface area contributed by atoms with Gasteiger partial charge in [-0.1, -0.05) is 12.1 Å². The molecule has 0 radical (unpaired) electrons. The fraction of sp³-hybridized carbons (Fsp3) is 0.182. The maximum Gasteiger partial charge on any atom is 0.261 e. The number of benzene rings is 2. The lowest BCUT2D eigenvalue weighted by atomic mass is 10.2. The maximum absolute atomic E-state index is 12.7. The van der Waals surface area contributed by atoms with Gasteiger partial charge >= 0.3 is 0 Å². The van der Waals surface area contributed by atoms with Crippen molar-refractivity contribution in [3.63, 3.8) is 0 Å². The van der Waals surface area contributed by atoms with Gasteiger partial charge in [-0.05, 0) is 55.0 Å². The monoisotopic (exact) mass is 441 g/mol. The Morgan fingerprint density at radius 2 is 1.84 bits per heavy atom. The second-order valence-corrected chi connectivity index (χ2v) is 8.16. The third-order valence-corrected chi connectivity index (χ3v) is 5.66. The zero-order valence-corrected chi connectivity index (χ0v) is 18.0. The van der Waals surface area contributed by atoms with Gasteiger partial charge in [-0.25, -0.2) is 13.4 Å². The van der Waals surface area contributed by atoms with Gasteiger partial charge in [0.15, 0.2) is 0 Å². The number of pyridine rings is 1. The number of nitrogens with one attached hydrogen (secondary N) is 2. The summed E-state index contributed by atoms with van der Waals surface area (Å²) in [6.45, 7) is 2.64. The Morgan fingerprint density at radius 3 is 2.48 bits per heavy atom. The summed E-state index contributed by atoms with van der Waals surface area (Å²) in [5, 5.41) is 2.75. The first-order valence-corrected chi connectivity index (χ1v) is 11.0. The molecular weight excluding hydrogens is 418 g/mol. The molecule has 0 bridgehead atoms. The van der Waals surface area contributed by atoms with E-state index in [4.69, 9.17) is 9.47 Å². The first-order valence-electron chi connectivity index (χ1n) is 9.54. The summed E-state index contributed by atoms with van der Waals surface area (Å²) >= 11 is 0. The molecule has 31 heavy (non-hydrogen) atoms. The number of hydrogen-bond donors (Lipinski definition) is 2. The van der Waals surface area contributed by atoms with Crippen LogP contribution in [0.25, 0.3) is 0 Å². The molecule has 0 saturated carbocycles. The van der Waals surface area contributed by atoms with E-state index in [0.29, 0.717) is 23.9 Å². The number of aromatic nitrogens is 1. The summed E-state index contributed by atoms with van der Waals surface area (Å²) in [4.78, 5) is 16.6. The number of methoxy groups -OCH3 is 1. The van der Waals surface area contributed by atoms with Crippen LogP contribution in [0.5, 0.6) is 11.6 Å². The highest BCUT2D eigenvalue weighted by atomic mass is 32.2. The first-order chi connectivity index (χ1) is 14.9. The molecule has 0 spiro atoms. The molecule has 3 rings (SSSR count). The molecule has 2 aromatic carbocycles. The van der Waals surface area contributed by atoms with Crippen molar-refractivity contribution in [2.45, 2.75) is 18.4 Å². The van der Waals surface area contributed by atoms with Gasteiger partial charge in [-0.15, -0.1) is 0 Å². The molecule has 0 unspecified atom stereocenters. The lowest BCUT2D eigenvalue weighted by Crippen LogP contribution is -2.23. The second-order valence-electron chi connectivity index (χ2n) is 6.48. The van der Waals surface area contributed by atoms with Crippen LogP contribution in [0.4, 0.5) is 5.69 Å². The van der Waals surface area contributed by atoms with Crippen molar-refractivity contribution >= 4 is 21.6 Å². The molecule has 162 valence electrons. The number of amides is 1. The Bertz CT molecular complexity index is 1130. The van der Waals surface area contributed by atoms with Crippen LogP contribution in [-0.4, -0.2) is 33.0 Å². The molecule has 1 heterocycles. The zero-order chi connectivity index (χ0) is 22.3. The number of hydrogen-bond acceptors (Lipinski definition) is 6. The summed E-state index contributed by atoms with van der Waals surface area (Å²) in [6.07, 6.45) is 1.60. The predicted molar refractivity (Wildman–Crippen MR) is 117 cm³/mol. The highest BCUT2D eigenvalue weighted by Gasteiger charge is 2.16. The zero-order valence-electron chi connectivity index (χ0n) is 17.2. The molecule has 3 aromatic rings. The highest BCUT2D eigenvalue weighted by molar-refractivity contribution is 7.92. The van der Waals surface area contributed by atoms with E-state index in [9.17, 15) is 13.2 Å². The summed E-state index contributed by atoms with van der Waals surface area (Å²) in [5.74, 6) is 0.734. The van der Waals surface area contributed by atoms with Crippen LogP contribution in [-0.2, 0) is 16.6 Å². The molecule has 0 fully saturated rings. The minimum absolute atomic E-state index is 0.0138. The smallest absolute Gasteiger partial charge is 0.261 e. The van der Waals surface area contributed by atoms with Crippen LogP contribution in [0, 0.1) is 0 Å². The van der Waals surface area contributed by atoms with Crippen LogP contribution >= 0.6 is 0 Å². The minimum atomic E-state index is -3.86. The van der Waals surface area contributed by atoms with Crippen molar-refractivity contribution in [1.82, 2.24) is 10.3 Å². The largest absolute Gasteiger partial charge is 0.494 e. The SMILES string of the molecule is CCOc1ccc(NS(=O)(=O)c2cccc(C(=O)NCc3ccc(OC)nc3)c2)cc1. The summed E-state index contributed by atoms with van der Waals surface area (Å²) < 4.78 is 38.3. The van der Waals surface area contributed by atoms with Crippen molar-refractivity contribution in [2.24, 2.45) is 0 Å². The van der Waals surface area contributed by atoms with Crippen LogP contribution in [0.2, 0.25) is 0 Å². The van der Waals surface area contributed by atoms with E-state index in [1.807, 2.05) is 6.92 Å². The van der Waals surface area contributed by atoms with E-state index in [2.05, 4.69) is 15.0 Å². The Balaban J connectivity index is 1.68. The van der Waals surface area contributed by atoms with E-state index in [1.54, 1.807) is 48.7 Å². The van der Waals surface area contributed by atoms with Crippen LogP contribution in [0.1, 0.15) is 22.8 Å². The van der Waals surface area contributed by atoms with Crippen LogP contribution < -0.4 is 19.5 Å². The number of carbonyl (C=O) groups is 1. The van der Waals surface area contributed by atoms with E-state index < -0.39 is 15.9 Å². The molecule has 0 aliphatic rings. The number of carbonyl (C=O) groups excluding carboxylic acids is 1. The van der Waals surface area contributed by atoms with Gasteiger partial charge in [0.2, 0.25) is 5.88 Å². The fourth-order valence-corrected chi connectivity index (χ4v) is 3.83. The molecule has 1 amide bonds. The van der Waals surface area contributed by atoms with E-state index >= 15 is 0 Å². The van der Waals surface area contributed by atoms with Crippen molar-refractivity contribution in [2.75, 3.05) is 18.4 Å². The summed E-state index contributed by atoms with van der Waals surface area (Å²) in [6, 6.07) is 15.9.